The highest BCUT2D eigenvalue weighted by Crippen LogP contribution is 2.30. The number of aliphatic carboxylic acids is 1. The van der Waals surface area contributed by atoms with Gasteiger partial charge in [0, 0.05) is 12.6 Å². The molecule has 6 heteroatoms. The molecular formula is C12H15NO4S. The van der Waals surface area contributed by atoms with Crippen LogP contribution >= 0.6 is 0 Å². The summed E-state index contributed by atoms with van der Waals surface area (Å²) in [6.45, 7) is 1.90. The number of rotatable bonds is 3. The largest absolute Gasteiger partial charge is 0.481 e. The van der Waals surface area contributed by atoms with E-state index in [9.17, 15) is 13.2 Å². The highest BCUT2D eigenvalue weighted by atomic mass is 32.2. The van der Waals surface area contributed by atoms with Crippen molar-refractivity contribution in [2.24, 2.45) is 5.92 Å². The molecule has 1 fully saturated rings. The molecule has 0 amide bonds. The molecule has 0 aromatic heterocycles. The van der Waals surface area contributed by atoms with Gasteiger partial charge in [0.25, 0.3) is 0 Å². The predicted octanol–water partition coefficient (Wildman–Crippen LogP) is 1.17. The third-order valence-corrected chi connectivity index (χ3v) is 5.36. The van der Waals surface area contributed by atoms with Gasteiger partial charge in [-0.25, -0.2) is 8.42 Å². The molecule has 1 aromatic carbocycles. The SMILES string of the molecule is CC1C(C(=O)O)CCN1S(=O)(=O)c1ccccc1. The number of carbonyl (C=O) groups is 1. The smallest absolute Gasteiger partial charge is 0.308 e. The number of sulfonamides is 1. The van der Waals surface area contributed by atoms with Crippen LogP contribution in [-0.2, 0) is 14.8 Å². The maximum atomic E-state index is 12.3. The van der Waals surface area contributed by atoms with E-state index in [2.05, 4.69) is 0 Å². The van der Waals surface area contributed by atoms with Crippen molar-refractivity contribution < 1.29 is 18.3 Å². The Kier molecular flexibility index (Phi) is 3.41. The lowest BCUT2D eigenvalue weighted by molar-refractivity contribution is -0.142. The van der Waals surface area contributed by atoms with Crippen molar-refractivity contribution in [3.8, 4) is 0 Å². The van der Waals surface area contributed by atoms with Crippen molar-refractivity contribution in [3.63, 3.8) is 0 Å². The molecule has 0 saturated carbocycles. The van der Waals surface area contributed by atoms with E-state index < -0.39 is 28.0 Å². The van der Waals surface area contributed by atoms with Gasteiger partial charge in [0.1, 0.15) is 0 Å². The summed E-state index contributed by atoms with van der Waals surface area (Å²) >= 11 is 0. The molecule has 1 saturated heterocycles. The van der Waals surface area contributed by atoms with Crippen molar-refractivity contribution in [2.45, 2.75) is 24.3 Å². The molecule has 5 nitrogen and oxygen atoms in total. The minimum atomic E-state index is -3.58. The molecule has 1 aromatic rings. The van der Waals surface area contributed by atoms with E-state index in [0.717, 1.165) is 0 Å². The van der Waals surface area contributed by atoms with Gasteiger partial charge >= 0.3 is 5.97 Å². The van der Waals surface area contributed by atoms with Crippen LogP contribution in [0, 0.1) is 5.92 Å². The second-order valence-electron chi connectivity index (χ2n) is 4.40. The maximum absolute atomic E-state index is 12.3. The summed E-state index contributed by atoms with van der Waals surface area (Å²) in [5.41, 5.74) is 0. The van der Waals surface area contributed by atoms with E-state index in [1.165, 1.54) is 16.4 Å². The van der Waals surface area contributed by atoms with Gasteiger partial charge in [-0.15, -0.1) is 0 Å². The van der Waals surface area contributed by atoms with Crippen molar-refractivity contribution in [1.82, 2.24) is 4.31 Å². The number of carboxylic acids is 1. The number of carboxylic acid groups (broad SMARTS) is 1. The molecular weight excluding hydrogens is 254 g/mol. The lowest BCUT2D eigenvalue weighted by atomic mass is 10.0. The minimum absolute atomic E-state index is 0.211. The van der Waals surface area contributed by atoms with E-state index in [1.807, 2.05) is 0 Å². The average Bonchev–Trinajstić information content (AvgIpc) is 2.73. The van der Waals surface area contributed by atoms with Crippen molar-refractivity contribution in [2.75, 3.05) is 6.54 Å². The molecule has 2 atom stereocenters. The Labute approximate surface area is 106 Å². The van der Waals surface area contributed by atoms with Gasteiger partial charge < -0.3 is 5.11 Å². The highest BCUT2D eigenvalue weighted by molar-refractivity contribution is 7.89. The molecule has 1 aliphatic rings. The fraction of sp³-hybridized carbons (Fsp3) is 0.417. The summed E-state index contributed by atoms with van der Waals surface area (Å²) in [7, 11) is -3.58. The third-order valence-electron chi connectivity index (χ3n) is 3.36. The second kappa shape index (κ2) is 4.70. The number of benzene rings is 1. The fourth-order valence-corrected chi connectivity index (χ4v) is 4.01. The Morgan fingerprint density at radius 1 is 1.33 bits per heavy atom. The molecule has 98 valence electrons. The summed E-state index contributed by atoms with van der Waals surface area (Å²) in [6.07, 6.45) is 0.364. The van der Waals surface area contributed by atoms with Crippen molar-refractivity contribution >= 4 is 16.0 Å². The first-order valence-corrected chi connectivity index (χ1v) is 7.18. The van der Waals surface area contributed by atoms with Crippen molar-refractivity contribution in [3.05, 3.63) is 30.3 Å². The van der Waals surface area contributed by atoms with Crippen LogP contribution in [0.4, 0.5) is 0 Å². The van der Waals surface area contributed by atoms with Gasteiger partial charge in [-0.1, -0.05) is 18.2 Å². The van der Waals surface area contributed by atoms with Gasteiger partial charge in [0.05, 0.1) is 10.8 Å². The van der Waals surface area contributed by atoms with Crippen LogP contribution in [0.3, 0.4) is 0 Å². The Bertz CT molecular complexity index is 540. The number of hydrogen-bond donors (Lipinski definition) is 1. The molecule has 1 N–H and O–H groups in total. The molecule has 2 unspecified atom stereocenters. The predicted molar refractivity (Wildman–Crippen MR) is 65.5 cm³/mol. The van der Waals surface area contributed by atoms with Crippen molar-refractivity contribution in [1.29, 1.82) is 0 Å². The zero-order valence-corrected chi connectivity index (χ0v) is 10.8. The topological polar surface area (TPSA) is 74.7 Å². The van der Waals surface area contributed by atoms with E-state index in [0.29, 0.717) is 6.42 Å². The molecule has 2 rings (SSSR count). The average molecular weight is 269 g/mol. The molecule has 18 heavy (non-hydrogen) atoms. The first-order valence-electron chi connectivity index (χ1n) is 5.74. The second-order valence-corrected chi connectivity index (χ2v) is 6.29. The summed E-state index contributed by atoms with van der Waals surface area (Å²) < 4.78 is 26.0. The van der Waals surface area contributed by atoms with Gasteiger partial charge in [-0.05, 0) is 25.5 Å². The molecule has 0 bridgehead atoms. The lowest BCUT2D eigenvalue weighted by Gasteiger charge is -2.22. The lowest BCUT2D eigenvalue weighted by Crippen LogP contribution is -2.37. The summed E-state index contributed by atoms with van der Waals surface area (Å²) in [4.78, 5) is 11.2. The fourth-order valence-electron chi connectivity index (χ4n) is 2.31. The normalized spacial score (nSPS) is 25.2. The molecule has 1 heterocycles. The zero-order chi connectivity index (χ0) is 13.3. The van der Waals surface area contributed by atoms with E-state index >= 15 is 0 Å². The van der Waals surface area contributed by atoms with Crippen LogP contribution in [0.15, 0.2) is 35.2 Å². The summed E-state index contributed by atoms with van der Waals surface area (Å²) in [6, 6.07) is 7.59. The van der Waals surface area contributed by atoms with Gasteiger partial charge in [-0.2, -0.15) is 4.31 Å². The van der Waals surface area contributed by atoms with Gasteiger partial charge in [0.2, 0.25) is 10.0 Å². The molecule has 0 spiro atoms. The molecule has 0 aliphatic carbocycles. The van der Waals surface area contributed by atoms with Crippen LogP contribution in [0.5, 0.6) is 0 Å². The Morgan fingerprint density at radius 2 is 1.94 bits per heavy atom. The van der Waals surface area contributed by atoms with E-state index in [1.54, 1.807) is 25.1 Å². The highest BCUT2D eigenvalue weighted by Gasteiger charge is 2.42. The first kappa shape index (κ1) is 13.0. The van der Waals surface area contributed by atoms with E-state index in [4.69, 9.17) is 5.11 Å². The summed E-state index contributed by atoms with van der Waals surface area (Å²) in [5, 5.41) is 9.02. The van der Waals surface area contributed by atoms with Crippen LogP contribution < -0.4 is 0 Å². The van der Waals surface area contributed by atoms with Crippen LogP contribution in [0.25, 0.3) is 0 Å². The molecule has 0 radical (unpaired) electrons. The van der Waals surface area contributed by atoms with Crippen LogP contribution in [-0.4, -0.2) is 36.4 Å². The Balaban J connectivity index is 2.31. The molecule has 1 aliphatic heterocycles. The monoisotopic (exact) mass is 269 g/mol. The van der Waals surface area contributed by atoms with Crippen LogP contribution in [0.1, 0.15) is 13.3 Å². The standard InChI is InChI=1S/C12H15NO4S/c1-9-11(12(14)15)7-8-13(9)18(16,17)10-5-3-2-4-6-10/h2-6,9,11H,7-8H2,1H3,(H,14,15). The zero-order valence-electron chi connectivity index (χ0n) is 9.98. The maximum Gasteiger partial charge on any atom is 0.308 e. The Morgan fingerprint density at radius 3 is 2.44 bits per heavy atom. The van der Waals surface area contributed by atoms with Gasteiger partial charge in [-0.3, -0.25) is 4.79 Å². The summed E-state index contributed by atoms with van der Waals surface area (Å²) in [5.74, 6) is -1.56. The van der Waals surface area contributed by atoms with Crippen LogP contribution in [0.2, 0.25) is 0 Å². The number of nitrogens with zero attached hydrogens (tertiary/aromatic N) is 1. The van der Waals surface area contributed by atoms with E-state index in [-0.39, 0.29) is 11.4 Å². The quantitative estimate of drug-likeness (QED) is 0.893. The number of hydrogen-bond acceptors (Lipinski definition) is 3. The Hall–Kier alpha value is -1.40. The minimum Gasteiger partial charge on any atom is -0.481 e. The third kappa shape index (κ3) is 2.13. The first-order chi connectivity index (χ1) is 8.44. The van der Waals surface area contributed by atoms with Gasteiger partial charge in [0.15, 0.2) is 0 Å².